The number of rotatable bonds is 1. The highest BCUT2D eigenvalue weighted by molar-refractivity contribution is 4.94. The van der Waals surface area contributed by atoms with Gasteiger partial charge in [-0.15, -0.1) is 0 Å². The summed E-state index contributed by atoms with van der Waals surface area (Å²) in [5.74, 6) is 1.59. The van der Waals surface area contributed by atoms with Gasteiger partial charge in [0.1, 0.15) is 12.4 Å². The second-order valence-electron chi connectivity index (χ2n) is 2.78. The van der Waals surface area contributed by atoms with Crippen molar-refractivity contribution < 1.29 is 5.11 Å². The second-order valence-corrected chi connectivity index (χ2v) is 2.78. The van der Waals surface area contributed by atoms with Crippen LogP contribution in [-0.2, 0) is 19.6 Å². The van der Waals surface area contributed by atoms with Gasteiger partial charge in [-0.05, 0) is 12.8 Å². The molecule has 2 rings (SSSR count). The summed E-state index contributed by atoms with van der Waals surface area (Å²) in [5.41, 5.74) is 0. The van der Waals surface area contributed by atoms with Crippen LogP contribution in [0.3, 0.4) is 0 Å². The first-order chi connectivity index (χ1) is 5.40. The fourth-order valence-corrected chi connectivity index (χ4v) is 1.40. The number of nitrogens with zero attached hydrogens (tertiary/aromatic N) is 3. The predicted molar refractivity (Wildman–Crippen MR) is 38.9 cm³/mol. The van der Waals surface area contributed by atoms with Gasteiger partial charge in [0.15, 0.2) is 5.82 Å². The van der Waals surface area contributed by atoms with Gasteiger partial charge in [0, 0.05) is 13.0 Å². The third-order valence-electron chi connectivity index (χ3n) is 1.95. The third-order valence-corrected chi connectivity index (χ3v) is 1.95. The molecule has 0 aromatic carbocycles. The summed E-state index contributed by atoms with van der Waals surface area (Å²) < 4.78 is 1.90. The predicted octanol–water partition coefficient (Wildman–Crippen LogP) is 0.107. The maximum atomic E-state index is 8.75. The summed E-state index contributed by atoms with van der Waals surface area (Å²) in [4.78, 5) is 4.17. The van der Waals surface area contributed by atoms with Crippen LogP contribution in [0.4, 0.5) is 0 Å². The smallest absolute Gasteiger partial charge is 0.176 e. The molecule has 0 bridgehead atoms. The highest BCUT2D eigenvalue weighted by atomic mass is 16.3. The number of hydrogen-bond acceptors (Lipinski definition) is 3. The van der Waals surface area contributed by atoms with Crippen molar-refractivity contribution in [2.24, 2.45) is 0 Å². The Morgan fingerprint density at radius 1 is 1.45 bits per heavy atom. The minimum Gasteiger partial charge on any atom is -0.388 e. The van der Waals surface area contributed by atoms with Crippen LogP contribution in [-0.4, -0.2) is 19.9 Å². The molecule has 0 spiro atoms. The van der Waals surface area contributed by atoms with Crippen molar-refractivity contribution in [1.82, 2.24) is 14.8 Å². The molecule has 0 fully saturated rings. The van der Waals surface area contributed by atoms with E-state index in [1.165, 1.54) is 12.8 Å². The summed E-state index contributed by atoms with van der Waals surface area (Å²) in [5, 5.41) is 12.9. The van der Waals surface area contributed by atoms with Gasteiger partial charge in [0.25, 0.3) is 0 Å². The van der Waals surface area contributed by atoms with E-state index in [4.69, 9.17) is 5.11 Å². The van der Waals surface area contributed by atoms with Crippen LogP contribution in [0, 0.1) is 0 Å². The van der Waals surface area contributed by atoms with Gasteiger partial charge in [-0.3, -0.25) is 0 Å². The van der Waals surface area contributed by atoms with Crippen LogP contribution in [0.25, 0.3) is 0 Å². The van der Waals surface area contributed by atoms with Gasteiger partial charge in [-0.1, -0.05) is 0 Å². The lowest BCUT2D eigenvalue weighted by Crippen LogP contribution is -2.11. The molecule has 11 heavy (non-hydrogen) atoms. The minimum absolute atomic E-state index is 0.0417. The average molecular weight is 153 g/mol. The third kappa shape index (κ3) is 1.14. The molecule has 0 radical (unpaired) electrons. The fraction of sp³-hybridized carbons (Fsp3) is 0.714. The Bertz CT molecular complexity index is 233. The van der Waals surface area contributed by atoms with E-state index >= 15 is 0 Å². The van der Waals surface area contributed by atoms with Crippen molar-refractivity contribution in [3.05, 3.63) is 11.6 Å². The first kappa shape index (κ1) is 6.79. The van der Waals surface area contributed by atoms with Crippen molar-refractivity contribution in [3.8, 4) is 0 Å². The van der Waals surface area contributed by atoms with Crippen LogP contribution >= 0.6 is 0 Å². The highest BCUT2D eigenvalue weighted by Crippen LogP contribution is 2.11. The Hall–Kier alpha value is -0.900. The molecule has 0 aliphatic carbocycles. The Balaban J connectivity index is 2.32. The monoisotopic (exact) mass is 153 g/mol. The molecule has 0 saturated heterocycles. The van der Waals surface area contributed by atoms with E-state index in [0.29, 0.717) is 5.82 Å². The Morgan fingerprint density at radius 3 is 3.09 bits per heavy atom. The molecule has 4 heteroatoms. The van der Waals surface area contributed by atoms with Gasteiger partial charge in [-0.2, -0.15) is 5.10 Å². The molecule has 0 unspecified atom stereocenters. The second kappa shape index (κ2) is 2.62. The number of aliphatic hydroxyl groups is 1. The van der Waals surface area contributed by atoms with E-state index in [2.05, 4.69) is 10.1 Å². The van der Waals surface area contributed by atoms with Crippen LogP contribution in [0.1, 0.15) is 24.5 Å². The van der Waals surface area contributed by atoms with E-state index in [0.717, 1.165) is 18.8 Å². The summed E-state index contributed by atoms with van der Waals surface area (Å²) in [7, 11) is 0. The highest BCUT2D eigenvalue weighted by Gasteiger charge is 2.12. The van der Waals surface area contributed by atoms with E-state index in [-0.39, 0.29) is 6.61 Å². The maximum Gasteiger partial charge on any atom is 0.176 e. The number of aliphatic hydroxyl groups excluding tert-OH is 1. The van der Waals surface area contributed by atoms with Crippen LogP contribution in [0.2, 0.25) is 0 Å². The zero-order valence-electron chi connectivity index (χ0n) is 6.32. The van der Waals surface area contributed by atoms with Crippen molar-refractivity contribution in [2.75, 3.05) is 0 Å². The Kier molecular flexibility index (Phi) is 1.62. The number of fused-ring (bicyclic) bond motifs is 1. The Labute approximate surface area is 64.9 Å². The van der Waals surface area contributed by atoms with Crippen LogP contribution in [0.5, 0.6) is 0 Å². The molecular weight excluding hydrogens is 142 g/mol. The summed E-state index contributed by atoms with van der Waals surface area (Å²) in [6.07, 6.45) is 3.39. The number of aromatic nitrogens is 3. The number of aryl methyl sites for hydroxylation is 2. The van der Waals surface area contributed by atoms with Gasteiger partial charge in [0.2, 0.25) is 0 Å². The van der Waals surface area contributed by atoms with E-state index in [1.54, 1.807) is 0 Å². The van der Waals surface area contributed by atoms with Crippen LogP contribution < -0.4 is 0 Å². The molecular formula is C7H11N3O. The average Bonchev–Trinajstić information content (AvgIpc) is 2.46. The molecule has 1 aliphatic rings. The molecule has 4 nitrogen and oxygen atoms in total. The van der Waals surface area contributed by atoms with Gasteiger partial charge in [0.05, 0.1) is 0 Å². The largest absolute Gasteiger partial charge is 0.388 e. The molecule has 2 heterocycles. The molecule has 1 aromatic rings. The summed E-state index contributed by atoms with van der Waals surface area (Å²) in [6, 6.07) is 0. The lowest BCUT2D eigenvalue weighted by molar-refractivity contribution is 0.270. The maximum absolute atomic E-state index is 8.75. The molecule has 60 valence electrons. The SMILES string of the molecule is OCc1nc2n(n1)CCCC2. The normalized spacial score (nSPS) is 16.5. The first-order valence-corrected chi connectivity index (χ1v) is 3.93. The lowest BCUT2D eigenvalue weighted by Gasteiger charge is -2.09. The van der Waals surface area contributed by atoms with Gasteiger partial charge in [-0.25, -0.2) is 9.67 Å². The standard InChI is InChI=1S/C7H11N3O/c11-5-6-8-7-3-1-2-4-10(7)9-6/h11H,1-5H2. The summed E-state index contributed by atoms with van der Waals surface area (Å²) >= 11 is 0. The minimum atomic E-state index is -0.0417. The van der Waals surface area contributed by atoms with E-state index < -0.39 is 0 Å². The Morgan fingerprint density at radius 2 is 2.36 bits per heavy atom. The quantitative estimate of drug-likeness (QED) is 0.622. The number of hydrogen-bond donors (Lipinski definition) is 1. The fourth-order valence-electron chi connectivity index (χ4n) is 1.40. The molecule has 0 atom stereocenters. The lowest BCUT2D eigenvalue weighted by atomic mass is 10.2. The van der Waals surface area contributed by atoms with Crippen molar-refractivity contribution in [3.63, 3.8) is 0 Å². The zero-order chi connectivity index (χ0) is 7.68. The van der Waals surface area contributed by atoms with Crippen molar-refractivity contribution >= 4 is 0 Å². The van der Waals surface area contributed by atoms with E-state index in [1.807, 2.05) is 4.68 Å². The van der Waals surface area contributed by atoms with E-state index in [9.17, 15) is 0 Å². The van der Waals surface area contributed by atoms with Crippen LogP contribution in [0.15, 0.2) is 0 Å². The first-order valence-electron chi connectivity index (χ1n) is 3.93. The molecule has 1 N–H and O–H groups in total. The molecule has 0 saturated carbocycles. The van der Waals surface area contributed by atoms with Gasteiger partial charge < -0.3 is 5.11 Å². The van der Waals surface area contributed by atoms with Crippen molar-refractivity contribution in [2.45, 2.75) is 32.4 Å². The molecule has 0 amide bonds. The molecule has 1 aliphatic heterocycles. The topological polar surface area (TPSA) is 50.9 Å². The molecule has 1 aromatic heterocycles. The van der Waals surface area contributed by atoms with Crippen molar-refractivity contribution in [1.29, 1.82) is 0 Å². The summed E-state index contributed by atoms with van der Waals surface area (Å²) in [6.45, 7) is 0.919. The van der Waals surface area contributed by atoms with Gasteiger partial charge >= 0.3 is 0 Å². The zero-order valence-corrected chi connectivity index (χ0v) is 6.32.